The Labute approximate surface area is 66.2 Å². The SMILES string of the molecule is [CH2-]CCCCC.[Ir].[NH2-]. The van der Waals surface area contributed by atoms with Crippen molar-refractivity contribution in [1.82, 2.24) is 0 Å². The normalized spacial score (nSPS) is 6.75. The van der Waals surface area contributed by atoms with Gasteiger partial charge in [-0.05, 0) is 0 Å². The molecule has 0 rings (SSSR count). The van der Waals surface area contributed by atoms with Crippen molar-refractivity contribution >= 4 is 0 Å². The minimum absolute atomic E-state index is 0. The van der Waals surface area contributed by atoms with Crippen molar-refractivity contribution in [2.75, 3.05) is 0 Å². The number of rotatable bonds is 3. The van der Waals surface area contributed by atoms with Gasteiger partial charge in [0, 0.05) is 20.1 Å². The van der Waals surface area contributed by atoms with Gasteiger partial charge < -0.3 is 13.1 Å². The fraction of sp³-hybridized carbons (Fsp3) is 0.833. The summed E-state index contributed by atoms with van der Waals surface area (Å²) in [6.07, 6.45) is 5.07. The second-order valence-corrected chi connectivity index (χ2v) is 1.56. The Morgan fingerprint density at radius 3 is 1.88 bits per heavy atom. The van der Waals surface area contributed by atoms with Crippen LogP contribution in [0.5, 0.6) is 0 Å². The zero-order valence-electron chi connectivity index (χ0n) is 5.45. The Morgan fingerprint density at radius 2 is 1.75 bits per heavy atom. The first kappa shape index (κ1) is 15.8. The number of hydrogen-bond acceptors (Lipinski definition) is 0. The van der Waals surface area contributed by atoms with Crippen molar-refractivity contribution < 1.29 is 20.1 Å². The molecule has 0 saturated heterocycles. The van der Waals surface area contributed by atoms with Crippen LogP contribution in [0.15, 0.2) is 0 Å². The van der Waals surface area contributed by atoms with Crippen LogP contribution in [0.4, 0.5) is 0 Å². The fourth-order valence-corrected chi connectivity index (χ4v) is 0.427. The maximum absolute atomic E-state index is 3.72. The van der Waals surface area contributed by atoms with Crippen molar-refractivity contribution in [2.24, 2.45) is 0 Å². The van der Waals surface area contributed by atoms with E-state index in [1.807, 2.05) is 0 Å². The average molecular weight is 293 g/mol. The van der Waals surface area contributed by atoms with Gasteiger partial charge in [-0.1, -0.05) is 26.2 Å². The van der Waals surface area contributed by atoms with Crippen molar-refractivity contribution in [3.05, 3.63) is 13.1 Å². The summed E-state index contributed by atoms with van der Waals surface area (Å²) in [7, 11) is 0. The monoisotopic (exact) mass is 294 g/mol. The summed E-state index contributed by atoms with van der Waals surface area (Å²) < 4.78 is 0. The third-order valence-electron chi connectivity index (χ3n) is 0.854. The fourth-order valence-electron chi connectivity index (χ4n) is 0.427. The molecule has 0 spiro atoms. The van der Waals surface area contributed by atoms with Crippen molar-refractivity contribution in [3.8, 4) is 0 Å². The van der Waals surface area contributed by atoms with E-state index in [2.05, 4.69) is 13.8 Å². The molecule has 0 atom stereocenters. The molecular formula is C6H15IrN-2. The Hall–Kier alpha value is 0.609. The van der Waals surface area contributed by atoms with Gasteiger partial charge in [0.05, 0.1) is 0 Å². The summed E-state index contributed by atoms with van der Waals surface area (Å²) in [6.45, 7) is 5.93. The molecule has 0 heterocycles. The van der Waals surface area contributed by atoms with E-state index in [0.717, 1.165) is 6.42 Å². The second kappa shape index (κ2) is 15.6. The van der Waals surface area contributed by atoms with Gasteiger partial charge in [0.15, 0.2) is 0 Å². The molecular weight excluding hydrogens is 278 g/mol. The Balaban J connectivity index is -0.000000125. The van der Waals surface area contributed by atoms with Gasteiger partial charge in [-0.25, -0.2) is 0 Å². The van der Waals surface area contributed by atoms with E-state index < -0.39 is 0 Å². The molecule has 0 unspecified atom stereocenters. The third kappa shape index (κ3) is 16.0. The minimum Gasteiger partial charge on any atom is -0.693 e. The smallest absolute Gasteiger partial charge is 0 e. The average Bonchev–Trinajstić information content (AvgIpc) is 1.61. The topological polar surface area (TPSA) is 33.5 Å². The van der Waals surface area contributed by atoms with E-state index in [-0.39, 0.29) is 26.3 Å². The summed E-state index contributed by atoms with van der Waals surface area (Å²) in [6, 6.07) is 0. The van der Waals surface area contributed by atoms with E-state index >= 15 is 0 Å². The first-order valence-corrected chi connectivity index (χ1v) is 2.71. The zero-order valence-corrected chi connectivity index (χ0v) is 7.84. The number of unbranched alkanes of at least 4 members (excludes halogenated alkanes) is 3. The van der Waals surface area contributed by atoms with Crippen LogP contribution >= 0.6 is 0 Å². The predicted octanol–water partition coefficient (Wildman–Crippen LogP) is 3.12. The third-order valence-corrected chi connectivity index (χ3v) is 0.854. The van der Waals surface area contributed by atoms with Crippen molar-refractivity contribution in [1.29, 1.82) is 0 Å². The standard InChI is InChI=1S/C6H13.Ir.H2N/c1-3-5-6-4-2;;/h1,3-6H2,2H3;;1H2/q-1;;-1. The van der Waals surface area contributed by atoms with Crippen molar-refractivity contribution in [3.63, 3.8) is 0 Å². The first-order chi connectivity index (χ1) is 2.91. The van der Waals surface area contributed by atoms with Crippen LogP contribution in [0.1, 0.15) is 32.6 Å². The molecule has 0 aromatic rings. The van der Waals surface area contributed by atoms with E-state index in [4.69, 9.17) is 0 Å². The van der Waals surface area contributed by atoms with Gasteiger partial charge in [-0.15, -0.1) is 0 Å². The van der Waals surface area contributed by atoms with Crippen LogP contribution in [-0.4, -0.2) is 0 Å². The Bertz CT molecular complexity index is 20.5. The Morgan fingerprint density at radius 1 is 1.25 bits per heavy atom. The summed E-state index contributed by atoms with van der Waals surface area (Å²) in [4.78, 5) is 0. The summed E-state index contributed by atoms with van der Waals surface area (Å²) in [5.41, 5.74) is 0. The van der Waals surface area contributed by atoms with Gasteiger partial charge in [0.1, 0.15) is 0 Å². The van der Waals surface area contributed by atoms with Gasteiger partial charge in [-0.3, -0.25) is 0 Å². The maximum Gasteiger partial charge on any atom is 0 e. The van der Waals surface area contributed by atoms with Gasteiger partial charge in [-0.2, -0.15) is 6.42 Å². The van der Waals surface area contributed by atoms with Crippen LogP contribution < -0.4 is 0 Å². The number of hydrogen-bond donors (Lipinski definition) is 0. The van der Waals surface area contributed by atoms with Crippen LogP contribution in [0, 0.1) is 6.92 Å². The van der Waals surface area contributed by atoms with E-state index in [9.17, 15) is 0 Å². The largest absolute Gasteiger partial charge is 0.693 e. The first-order valence-electron chi connectivity index (χ1n) is 2.71. The molecule has 0 aromatic carbocycles. The molecule has 0 aromatic heterocycles. The molecule has 0 aliphatic heterocycles. The quantitative estimate of drug-likeness (QED) is 0.566. The zero-order chi connectivity index (χ0) is 4.83. The van der Waals surface area contributed by atoms with Crippen LogP contribution in [0.3, 0.4) is 0 Å². The van der Waals surface area contributed by atoms with Crippen LogP contribution in [-0.2, 0) is 20.1 Å². The van der Waals surface area contributed by atoms with Crippen LogP contribution in [0.2, 0.25) is 0 Å². The van der Waals surface area contributed by atoms with E-state index in [1.54, 1.807) is 0 Å². The molecule has 0 saturated carbocycles. The second-order valence-electron chi connectivity index (χ2n) is 1.56. The van der Waals surface area contributed by atoms with Crippen molar-refractivity contribution in [2.45, 2.75) is 32.6 Å². The minimum atomic E-state index is 0. The Kier molecular flexibility index (Phi) is 31.0. The molecule has 0 fully saturated rings. The van der Waals surface area contributed by atoms with Crippen LogP contribution in [0.25, 0.3) is 6.15 Å². The molecule has 1 radical (unpaired) electrons. The van der Waals surface area contributed by atoms with Gasteiger partial charge in [0.2, 0.25) is 0 Å². The maximum atomic E-state index is 3.72. The summed E-state index contributed by atoms with van der Waals surface area (Å²) >= 11 is 0. The molecule has 0 aliphatic rings. The predicted molar refractivity (Wildman–Crippen MR) is 34.8 cm³/mol. The molecule has 2 N–H and O–H groups in total. The van der Waals surface area contributed by atoms with E-state index in [0.29, 0.717) is 0 Å². The molecule has 2 heteroatoms. The molecule has 0 amide bonds. The number of nitrogens with two attached hydrogens (primary N) is 1. The molecule has 8 heavy (non-hydrogen) atoms. The summed E-state index contributed by atoms with van der Waals surface area (Å²) in [5.74, 6) is 0. The molecule has 55 valence electrons. The van der Waals surface area contributed by atoms with Gasteiger partial charge >= 0.3 is 0 Å². The molecule has 1 nitrogen and oxygen atoms in total. The molecule has 0 bridgehead atoms. The van der Waals surface area contributed by atoms with E-state index in [1.165, 1.54) is 19.3 Å². The summed E-state index contributed by atoms with van der Waals surface area (Å²) in [5, 5.41) is 0. The van der Waals surface area contributed by atoms with Gasteiger partial charge in [0.25, 0.3) is 0 Å². The molecule has 0 aliphatic carbocycles.